The maximum atomic E-state index is 12.7. The Balaban J connectivity index is 1.85. The number of amides is 1. The SMILES string of the molecule is CC[C@@H](C)NC(=O)CCCn1c(=O)c2cccn2c2ccccc21. The molecule has 2 aromatic heterocycles. The van der Waals surface area contributed by atoms with Crippen LogP contribution in [0.5, 0.6) is 0 Å². The van der Waals surface area contributed by atoms with Crippen LogP contribution in [0.1, 0.15) is 33.1 Å². The number of hydrogen-bond donors (Lipinski definition) is 1. The second-order valence-electron chi connectivity index (χ2n) is 6.19. The molecule has 0 unspecified atom stereocenters. The van der Waals surface area contributed by atoms with E-state index in [2.05, 4.69) is 5.32 Å². The van der Waals surface area contributed by atoms with Gasteiger partial charge < -0.3 is 14.3 Å². The summed E-state index contributed by atoms with van der Waals surface area (Å²) in [6, 6.07) is 11.8. The molecule has 1 aromatic carbocycles. The molecule has 24 heavy (non-hydrogen) atoms. The molecule has 1 amide bonds. The van der Waals surface area contributed by atoms with Crippen molar-refractivity contribution in [1.82, 2.24) is 14.3 Å². The van der Waals surface area contributed by atoms with Crippen LogP contribution in [0.2, 0.25) is 0 Å². The number of rotatable bonds is 6. The molecule has 0 aliphatic heterocycles. The first-order chi connectivity index (χ1) is 11.6. The Bertz CT molecular complexity index is 923. The lowest BCUT2D eigenvalue weighted by atomic mass is 10.2. The average Bonchev–Trinajstić information content (AvgIpc) is 3.08. The maximum Gasteiger partial charge on any atom is 0.275 e. The first kappa shape index (κ1) is 16.3. The van der Waals surface area contributed by atoms with Crippen molar-refractivity contribution in [2.45, 2.75) is 45.7 Å². The molecule has 5 heteroatoms. The standard InChI is InChI=1S/C19H23N3O2/c1-3-14(2)20-18(23)11-7-13-22-16-9-5-4-8-15(16)21-12-6-10-17(21)19(22)24/h4-6,8-10,12,14H,3,7,11,13H2,1-2H3,(H,20,23)/t14-/m1/s1. The van der Waals surface area contributed by atoms with E-state index in [0.717, 1.165) is 17.5 Å². The van der Waals surface area contributed by atoms with Gasteiger partial charge in [-0.15, -0.1) is 0 Å². The Labute approximate surface area is 140 Å². The fourth-order valence-corrected chi connectivity index (χ4v) is 2.98. The Morgan fingerprint density at radius 3 is 2.58 bits per heavy atom. The monoisotopic (exact) mass is 325 g/mol. The number of carbonyl (C=O) groups excluding carboxylic acids is 1. The van der Waals surface area contributed by atoms with Gasteiger partial charge in [0.25, 0.3) is 5.56 Å². The van der Waals surface area contributed by atoms with E-state index in [1.54, 1.807) is 4.57 Å². The molecule has 2 heterocycles. The number of hydrogen-bond acceptors (Lipinski definition) is 2. The molecule has 0 bridgehead atoms. The van der Waals surface area contributed by atoms with Crippen molar-refractivity contribution in [3.63, 3.8) is 0 Å². The zero-order chi connectivity index (χ0) is 17.1. The van der Waals surface area contributed by atoms with Crippen molar-refractivity contribution in [3.8, 4) is 0 Å². The molecule has 0 spiro atoms. The number of benzene rings is 1. The summed E-state index contributed by atoms with van der Waals surface area (Å²) in [4.78, 5) is 24.7. The van der Waals surface area contributed by atoms with Gasteiger partial charge in [0.15, 0.2) is 0 Å². The van der Waals surface area contributed by atoms with Crippen LogP contribution < -0.4 is 10.9 Å². The fraction of sp³-hybridized carbons (Fsp3) is 0.368. The first-order valence-electron chi connectivity index (χ1n) is 8.49. The Morgan fingerprint density at radius 2 is 1.83 bits per heavy atom. The van der Waals surface area contributed by atoms with Crippen LogP contribution in [0.25, 0.3) is 16.6 Å². The van der Waals surface area contributed by atoms with Gasteiger partial charge >= 0.3 is 0 Å². The van der Waals surface area contributed by atoms with E-state index in [1.807, 2.05) is 60.8 Å². The average molecular weight is 325 g/mol. The lowest BCUT2D eigenvalue weighted by Crippen LogP contribution is -2.32. The Kier molecular flexibility index (Phi) is 4.69. The molecule has 5 nitrogen and oxygen atoms in total. The number of aromatic nitrogens is 2. The van der Waals surface area contributed by atoms with Gasteiger partial charge in [0.1, 0.15) is 5.52 Å². The maximum absolute atomic E-state index is 12.7. The lowest BCUT2D eigenvalue weighted by molar-refractivity contribution is -0.121. The van der Waals surface area contributed by atoms with Gasteiger partial charge in [0.2, 0.25) is 5.91 Å². The largest absolute Gasteiger partial charge is 0.354 e. The minimum Gasteiger partial charge on any atom is -0.354 e. The quantitative estimate of drug-likeness (QED) is 0.757. The smallest absolute Gasteiger partial charge is 0.275 e. The molecular weight excluding hydrogens is 302 g/mol. The van der Waals surface area contributed by atoms with E-state index in [-0.39, 0.29) is 17.5 Å². The van der Waals surface area contributed by atoms with Gasteiger partial charge in [0, 0.05) is 25.2 Å². The number of fused-ring (bicyclic) bond motifs is 3. The summed E-state index contributed by atoms with van der Waals surface area (Å²) in [6.07, 6.45) is 3.89. The van der Waals surface area contributed by atoms with Gasteiger partial charge in [-0.1, -0.05) is 19.1 Å². The molecule has 0 saturated carbocycles. The minimum absolute atomic E-state index is 0.0129. The molecule has 0 aliphatic rings. The third kappa shape index (κ3) is 3.07. The number of nitrogens with zero attached hydrogens (tertiary/aromatic N) is 2. The second-order valence-corrected chi connectivity index (χ2v) is 6.19. The van der Waals surface area contributed by atoms with E-state index in [4.69, 9.17) is 0 Å². The van der Waals surface area contributed by atoms with Crippen LogP contribution in [0, 0.1) is 0 Å². The number of nitrogens with one attached hydrogen (secondary N) is 1. The molecule has 0 fully saturated rings. The highest BCUT2D eigenvalue weighted by Crippen LogP contribution is 2.15. The summed E-state index contributed by atoms with van der Waals surface area (Å²) in [5.74, 6) is 0.0467. The van der Waals surface area contributed by atoms with Crippen molar-refractivity contribution in [3.05, 3.63) is 52.9 Å². The molecule has 0 radical (unpaired) electrons. The molecule has 3 aromatic rings. The molecule has 126 valence electrons. The van der Waals surface area contributed by atoms with Crippen LogP contribution in [0.15, 0.2) is 47.4 Å². The van der Waals surface area contributed by atoms with Crippen LogP contribution in [0.4, 0.5) is 0 Å². The Hall–Kier alpha value is -2.56. The highest BCUT2D eigenvalue weighted by molar-refractivity contribution is 5.79. The fourth-order valence-electron chi connectivity index (χ4n) is 2.98. The molecular formula is C19H23N3O2. The lowest BCUT2D eigenvalue weighted by Gasteiger charge is -2.14. The van der Waals surface area contributed by atoms with Crippen molar-refractivity contribution in [1.29, 1.82) is 0 Å². The molecule has 1 atom stereocenters. The first-order valence-corrected chi connectivity index (χ1v) is 8.49. The predicted octanol–water partition coefficient (Wildman–Crippen LogP) is 2.95. The summed E-state index contributed by atoms with van der Waals surface area (Å²) in [7, 11) is 0. The van der Waals surface area contributed by atoms with Crippen LogP contribution >= 0.6 is 0 Å². The van der Waals surface area contributed by atoms with Gasteiger partial charge in [-0.05, 0) is 44.0 Å². The zero-order valence-corrected chi connectivity index (χ0v) is 14.2. The summed E-state index contributed by atoms with van der Waals surface area (Å²) in [6.45, 7) is 4.58. The van der Waals surface area contributed by atoms with Gasteiger partial charge in [-0.25, -0.2) is 0 Å². The van der Waals surface area contributed by atoms with Gasteiger partial charge in [-0.2, -0.15) is 0 Å². The molecule has 1 N–H and O–H groups in total. The second kappa shape index (κ2) is 6.91. The number of para-hydroxylation sites is 2. The normalized spacial score (nSPS) is 12.6. The minimum atomic E-state index is -0.0129. The van der Waals surface area contributed by atoms with Crippen LogP contribution in [0.3, 0.4) is 0 Å². The van der Waals surface area contributed by atoms with Crippen LogP contribution in [-0.2, 0) is 11.3 Å². The van der Waals surface area contributed by atoms with E-state index in [1.165, 1.54) is 0 Å². The number of aryl methyl sites for hydroxylation is 1. The van der Waals surface area contributed by atoms with E-state index < -0.39 is 0 Å². The van der Waals surface area contributed by atoms with Crippen molar-refractivity contribution in [2.75, 3.05) is 0 Å². The topological polar surface area (TPSA) is 55.5 Å². The van der Waals surface area contributed by atoms with Crippen molar-refractivity contribution < 1.29 is 4.79 Å². The molecule has 0 saturated heterocycles. The van der Waals surface area contributed by atoms with E-state index in [0.29, 0.717) is 24.9 Å². The van der Waals surface area contributed by atoms with Crippen molar-refractivity contribution in [2.24, 2.45) is 0 Å². The van der Waals surface area contributed by atoms with E-state index in [9.17, 15) is 9.59 Å². The highest BCUT2D eigenvalue weighted by Gasteiger charge is 2.11. The van der Waals surface area contributed by atoms with Crippen molar-refractivity contribution >= 4 is 22.5 Å². The van der Waals surface area contributed by atoms with Gasteiger partial charge in [-0.3, -0.25) is 9.59 Å². The summed E-state index contributed by atoms with van der Waals surface area (Å²) in [5.41, 5.74) is 2.55. The highest BCUT2D eigenvalue weighted by atomic mass is 16.1. The molecule has 3 rings (SSSR count). The summed E-state index contributed by atoms with van der Waals surface area (Å²) >= 11 is 0. The summed E-state index contributed by atoms with van der Waals surface area (Å²) in [5, 5.41) is 2.96. The zero-order valence-electron chi connectivity index (χ0n) is 14.2. The third-order valence-electron chi connectivity index (χ3n) is 4.45. The summed E-state index contributed by atoms with van der Waals surface area (Å²) < 4.78 is 3.70. The number of carbonyl (C=O) groups is 1. The molecule has 0 aliphatic carbocycles. The Morgan fingerprint density at radius 1 is 1.12 bits per heavy atom. The predicted molar refractivity (Wildman–Crippen MR) is 96.3 cm³/mol. The van der Waals surface area contributed by atoms with Crippen LogP contribution in [-0.4, -0.2) is 20.9 Å². The van der Waals surface area contributed by atoms with Gasteiger partial charge in [0.05, 0.1) is 11.0 Å². The third-order valence-corrected chi connectivity index (χ3v) is 4.45. The van der Waals surface area contributed by atoms with E-state index >= 15 is 0 Å².